The number of likely N-dealkylation sites (tertiary alicyclic amines) is 1. The van der Waals surface area contributed by atoms with E-state index in [4.69, 9.17) is 8.83 Å². The summed E-state index contributed by atoms with van der Waals surface area (Å²) in [5, 5.41) is 10.9. The lowest BCUT2D eigenvalue weighted by Gasteiger charge is -2.30. The van der Waals surface area contributed by atoms with Crippen molar-refractivity contribution < 1.29 is 23.5 Å². The van der Waals surface area contributed by atoms with Gasteiger partial charge in [-0.2, -0.15) is 0 Å². The SMILES string of the molecule is Cc1coc2c1c(C)cc1oc(=O)c(CC(=O)N3CCC[C@@H](C(=O)O)C3)c(C)c12. The summed E-state index contributed by atoms with van der Waals surface area (Å²) in [6, 6.07) is 1.82. The molecule has 29 heavy (non-hydrogen) atoms. The second-order valence-electron chi connectivity index (χ2n) is 7.88. The zero-order valence-corrected chi connectivity index (χ0v) is 16.7. The van der Waals surface area contributed by atoms with Crippen LogP contribution in [0.2, 0.25) is 0 Å². The third-order valence-electron chi connectivity index (χ3n) is 5.92. The molecule has 0 bridgehead atoms. The summed E-state index contributed by atoms with van der Waals surface area (Å²) in [5.41, 5.74) is 3.45. The van der Waals surface area contributed by atoms with Crippen LogP contribution < -0.4 is 5.63 Å². The quantitative estimate of drug-likeness (QED) is 0.681. The lowest BCUT2D eigenvalue weighted by Crippen LogP contribution is -2.43. The Hall–Kier alpha value is -3.09. The first-order valence-corrected chi connectivity index (χ1v) is 9.72. The number of hydrogen-bond acceptors (Lipinski definition) is 5. The molecule has 1 aliphatic heterocycles. The van der Waals surface area contributed by atoms with E-state index in [9.17, 15) is 19.5 Å². The predicted octanol–water partition coefficient (Wildman–Crippen LogP) is 3.33. The Morgan fingerprint density at radius 3 is 2.69 bits per heavy atom. The fourth-order valence-corrected chi connectivity index (χ4v) is 4.35. The first-order chi connectivity index (χ1) is 13.8. The molecule has 7 nitrogen and oxygen atoms in total. The molecule has 0 radical (unpaired) electrons. The molecular formula is C22H23NO6. The summed E-state index contributed by atoms with van der Waals surface area (Å²) in [4.78, 5) is 38.3. The van der Waals surface area contributed by atoms with Crippen molar-refractivity contribution in [3.8, 4) is 0 Å². The highest BCUT2D eigenvalue weighted by atomic mass is 16.4. The molecule has 0 saturated carbocycles. The molecule has 7 heteroatoms. The highest BCUT2D eigenvalue weighted by Crippen LogP contribution is 2.34. The normalized spacial score (nSPS) is 17.2. The Morgan fingerprint density at radius 1 is 1.21 bits per heavy atom. The van der Waals surface area contributed by atoms with Crippen LogP contribution in [0.15, 0.2) is 26.0 Å². The average molecular weight is 397 g/mol. The van der Waals surface area contributed by atoms with Crippen LogP contribution >= 0.6 is 0 Å². The van der Waals surface area contributed by atoms with E-state index in [1.807, 2.05) is 19.9 Å². The van der Waals surface area contributed by atoms with Crippen molar-refractivity contribution in [2.24, 2.45) is 5.92 Å². The van der Waals surface area contributed by atoms with Crippen molar-refractivity contribution in [1.29, 1.82) is 0 Å². The number of fused-ring (bicyclic) bond motifs is 3. The van der Waals surface area contributed by atoms with E-state index in [1.165, 1.54) is 4.90 Å². The van der Waals surface area contributed by atoms with Crippen LogP contribution in [0, 0.1) is 26.7 Å². The van der Waals surface area contributed by atoms with Gasteiger partial charge in [0.05, 0.1) is 29.6 Å². The van der Waals surface area contributed by atoms with Crippen molar-refractivity contribution in [3.63, 3.8) is 0 Å². The molecule has 4 rings (SSSR count). The van der Waals surface area contributed by atoms with Crippen LogP contribution in [0.1, 0.15) is 35.1 Å². The van der Waals surface area contributed by atoms with E-state index in [0.717, 1.165) is 16.5 Å². The Morgan fingerprint density at radius 2 is 1.97 bits per heavy atom. The number of rotatable bonds is 3. The molecule has 1 N–H and O–H groups in total. The summed E-state index contributed by atoms with van der Waals surface area (Å²) >= 11 is 0. The van der Waals surface area contributed by atoms with Crippen LogP contribution in [-0.4, -0.2) is 35.0 Å². The average Bonchev–Trinajstić information content (AvgIpc) is 3.07. The third kappa shape index (κ3) is 3.20. The topological polar surface area (TPSA) is 101 Å². The van der Waals surface area contributed by atoms with Crippen LogP contribution in [0.5, 0.6) is 0 Å². The van der Waals surface area contributed by atoms with Gasteiger partial charge in [-0.1, -0.05) is 0 Å². The molecule has 152 valence electrons. The highest BCUT2D eigenvalue weighted by molar-refractivity contribution is 6.07. The van der Waals surface area contributed by atoms with E-state index >= 15 is 0 Å². The van der Waals surface area contributed by atoms with Crippen LogP contribution in [0.3, 0.4) is 0 Å². The standard InChI is InChI=1S/C22H23NO6/c1-11-7-16-19(20-18(11)12(2)10-28-20)13(3)15(22(27)29-16)8-17(24)23-6-4-5-14(9-23)21(25)26/h7,10,14H,4-6,8-9H2,1-3H3,(H,25,26)/t14-/m1/s1. The molecule has 1 aliphatic rings. The van der Waals surface area contributed by atoms with E-state index in [1.54, 1.807) is 13.2 Å². The second-order valence-corrected chi connectivity index (χ2v) is 7.88. The van der Waals surface area contributed by atoms with Crippen LogP contribution in [0.4, 0.5) is 0 Å². The predicted molar refractivity (Wildman–Crippen MR) is 107 cm³/mol. The van der Waals surface area contributed by atoms with E-state index in [2.05, 4.69) is 0 Å². The van der Waals surface area contributed by atoms with Gasteiger partial charge in [-0.05, 0) is 56.4 Å². The van der Waals surface area contributed by atoms with Crippen molar-refractivity contribution in [2.75, 3.05) is 13.1 Å². The minimum atomic E-state index is -0.894. The number of aryl methyl sites for hydroxylation is 3. The molecule has 0 unspecified atom stereocenters. The Balaban J connectivity index is 1.75. The first-order valence-electron chi connectivity index (χ1n) is 9.72. The largest absolute Gasteiger partial charge is 0.481 e. The lowest BCUT2D eigenvalue weighted by atomic mass is 9.96. The highest BCUT2D eigenvalue weighted by Gasteiger charge is 2.29. The van der Waals surface area contributed by atoms with Crippen molar-refractivity contribution in [3.05, 3.63) is 45.0 Å². The molecule has 3 heterocycles. The maximum atomic E-state index is 12.8. The molecule has 1 atom stereocenters. The summed E-state index contributed by atoms with van der Waals surface area (Å²) in [7, 11) is 0. The number of piperidine rings is 1. The maximum absolute atomic E-state index is 12.8. The summed E-state index contributed by atoms with van der Waals surface area (Å²) < 4.78 is 11.3. The van der Waals surface area contributed by atoms with Crippen LogP contribution in [0.25, 0.3) is 21.9 Å². The van der Waals surface area contributed by atoms with Crippen LogP contribution in [-0.2, 0) is 16.0 Å². The Bertz CT molecular complexity index is 1200. The number of benzene rings is 1. The fourth-order valence-electron chi connectivity index (χ4n) is 4.35. The minimum absolute atomic E-state index is 0.120. The molecule has 0 aliphatic carbocycles. The van der Waals surface area contributed by atoms with Crippen molar-refractivity contribution in [2.45, 2.75) is 40.0 Å². The molecule has 2 aromatic heterocycles. The number of carbonyl (C=O) groups excluding carboxylic acids is 1. The number of amides is 1. The van der Waals surface area contributed by atoms with Gasteiger partial charge in [0.1, 0.15) is 11.2 Å². The second kappa shape index (κ2) is 7.06. The number of carboxylic acid groups (broad SMARTS) is 1. The number of carboxylic acids is 1. The monoisotopic (exact) mass is 397 g/mol. The zero-order valence-electron chi connectivity index (χ0n) is 16.7. The molecule has 1 amide bonds. The number of nitrogens with zero attached hydrogens (tertiary/aromatic N) is 1. The molecule has 1 saturated heterocycles. The minimum Gasteiger partial charge on any atom is -0.481 e. The summed E-state index contributed by atoms with van der Waals surface area (Å²) in [6.07, 6.45) is 2.75. The number of furan rings is 1. The van der Waals surface area contributed by atoms with E-state index < -0.39 is 17.5 Å². The molecule has 1 fully saturated rings. The number of carbonyl (C=O) groups is 2. The number of aliphatic carboxylic acids is 1. The Labute approximate surface area is 166 Å². The van der Waals surface area contributed by atoms with Gasteiger partial charge in [0.2, 0.25) is 5.91 Å². The fraction of sp³-hybridized carbons (Fsp3) is 0.409. The van der Waals surface area contributed by atoms with Gasteiger partial charge in [-0.15, -0.1) is 0 Å². The lowest BCUT2D eigenvalue weighted by molar-refractivity contribution is -0.145. The molecule has 3 aromatic rings. The molecule has 0 spiro atoms. The van der Waals surface area contributed by atoms with E-state index in [-0.39, 0.29) is 18.9 Å². The first kappa shape index (κ1) is 19.2. The van der Waals surface area contributed by atoms with Gasteiger partial charge in [-0.3, -0.25) is 9.59 Å². The molecular weight excluding hydrogens is 374 g/mol. The van der Waals surface area contributed by atoms with Crippen molar-refractivity contribution in [1.82, 2.24) is 4.90 Å². The van der Waals surface area contributed by atoms with Gasteiger partial charge >= 0.3 is 11.6 Å². The van der Waals surface area contributed by atoms with Gasteiger partial charge in [0, 0.05) is 18.5 Å². The maximum Gasteiger partial charge on any atom is 0.340 e. The zero-order chi connectivity index (χ0) is 20.9. The Kier molecular flexibility index (Phi) is 4.68. The summed E-state index contributed by atoms with van der Waals surface area (Å²) in [6.45, 7) is 6.37. The third-order valence-corrected chi connectivity index (χ3v) is 5.92. The van der Waals surface area contributed by atoms with E-state index in [0.29, 0.717) is 47.1 Å². The molecule has 1 aromatic carbocycles. The van der Waals surface area contributed by atoms with Gasteiger partial charge in [0.25, 0.3) is 0 Å². The van der Waals surface area contributed by atoms with Gasteiger partial charge < -0.3 is 18.8 Å². The number of hydrogen-bond donors (Lipinski definition) is 1. The smallest absolute Gasteiger partial charge is 0.340 e. The van der Waals surface area contributed by atoms with Gasteiger partial charge in [-0.25, -0.2) is 4.79 Å². The summed E-state index contributed by atoms with van der Waals surface area (Å²) in [5.74, 6) is -1.71. The van der Waals surface area contributed by atoms with Crippen molar-refractivity contribution >= 4 is 33.8 Å². The van der Waals surface area contributed by atoms with Gasteiger partial charge in [0.15, 0.2) is 0 Å².